The molecule has 1 heterocycles. The molecule has 1 fully saturated rings. The van der Waals surface area contributed by atoms with E-state index in [1.54, 1.807) is 0 Å². The molecule has 0 atom stereocenters. The molecule has 2 N–H and O–H groups in total. The lowest BCUT2D eigenvalue weighted by Crippen LogP contribution is -2.32. The summed E-state index contributed by atoms with van der Waals surface area (Å²) in [7, 11) is 0. The Labute approximate surface area is 93.2 Å². The van der Waals surface area contributed by atoms with Crippen molar-refractivity contribution in [2.24, 2.45) is 5.92 Å². The Hall–Kier alpha value is -1.29. The lowest BCUT2D eigenvalue weighted by atomic mass is 9.89. The summed E-state index contributed by atoms with van der Waals surface area (Å²) < 4.78 is 26.2. The fraction of sp³-hybridized carbons (Fsp3) is 0.417. The van der Waals surface area contributed by atoms with Gasteiger partial charge in [0.2, 0.25) is 0 Å². The van der Waals surface area contributed by atoms with Crippen LogP contribution in [0.3, 0.4) is 0 Å². The van der Waals surface area contributed by atoms with Crippen LogP contribution in [0.15, 0.2) is 18.2 Å². The minimum atomic E-state index is -0.636. The van der Waals surface area contributed by atoms with Crippen LogP contribution >= 0.6 is 0 Å². The normalized spacial score (nSPS) is 17.4. The highest BCUT2D eigenvalue weighted by molar-refractivity contribution is 6.00. The molecule has 1 saturated heterocycles. The van der Waals surface area contributed by atoms with Crippen molar-refractivity contribution < 1.29 is 8.78 Å². The van der Waals surface area contributed by atoms with Crippen LogP contribution in [0.25, 0.3) is 0 Å². The van der Waals surface area contributed by atoms with Gasteiger partial charge in [-0.05, 0) is 38.1 Å². The molecule has 0 aliphatic carbocycles. The number of piperidine rings is 1. The van der Waals surface area contributed by atoms with Crippen LogP contribution in [-0.2, 0) is 0 Å². The minimum absolute atomic E-state index is 0.0845. The summed E-state index contributed by atoms with van der Waals surface area (Å²) in [6.45, 7) is 1.71. The summed E-state index contributed by atoms with van der Waals surface area (Å²) >= 11 is 0. The smallest absolute Gasteiger partial charge is 0.135 e. The summed E-state index contributed by atoms with van der Waals surface area (Å²) in [6.07, 6.45) is 1.69. The van der Waals surface area contributed by atoms with Crippen LogP contribution in [0.5, 0.6) is 0 Å². The Kier molecular flexibility index (Phi) is 3.29. The van der Waals surface area contributed by atoms with E-state index in [9.17, 15) is 8.78 Å². The van der Waals surface area contributed by atoms with Gasteiger partial charge in [-0.1, -0.05) is 0 Å². The van der Waals surface area contributed by atoms with E-state index in [0.29, 0.717) is 5.71 Å². The summed E-state index contributed by atoms with van der Waals surface area (Å²) in [5.41, 5.74) is 0.521. The van der Waals surface area contributed by atoms with Crippen LogP contribution in [0.1, 0.15) is 18.4 Å². The standard InChI is InChI=1S/C12H14F2N2/c13-9-1-2-10(11(14)7-9)12(15)8-3-5-16-6-4-8/h1-2,7-8,15-16H,3-6H2. The summed E-state index contributed by atoms with van der Waals surface area (Å²) in [6, 6.07) is 3.40. The molecule has 86 valence electrons. The van der Waals surface area contributed by atoms with Gasteiger partial charge >= 0.3 is 0 Å². The molecule has 1 aromatic rings. The molecule has 0 unspecified atom stereocenters. The van der Waals surface area contributed by atoms with E-state index in [-0.39, 0.29) is 11.5 Å². The fourth-order valence-corrected chi connectivity index (χ4v) is 2.04. The second kappa shape index (κ2) is 4.70. The van der Waals surface area contributed by atoms with Gasteiger partial charge in [0, 0.05) is 23.3 Å². The van der Waals surface area contributed by atoms with Gasteiger partial charge < -0.3 is 10.7 Å². The van der Waals surface area contributed by atoms with Crippen molar-refractivity contribution in [3.05, 3.63) is 35.4 Å². The van der Waals surface area contributed by atoms with Gasteiger partial charge in [-0.15, -0.1) is 0 Å². The third kappa shape index (κ3) is 2.27. The molecule has 1 aliphatic heterocycles. The Morgan fingerprint density at radius 2 is 1.94 bits per heavy atom. The lowest BCUT2D eigenvalue weighted by Gasteiger charge is -2.23. The highest BCUT2D eigenvalue weighted by atomic mass is 19.1. The Balaban J connectivity index is 2.19. The van der Waals surface area contributed by atoms with Gasteiger partial charge in [-0.3, -0.25) is 0 Å². The molecule has 0 saturated carbocycles. The van der Waals surface area contributed by atoms with Crippen LogP contribution in [0.2, 0.25) is 0 Å². The summed E-state index contributed by atoms with van der Waals surface area (Å²) in [4.78, 5) is 0. The maximum absolute atomic E-state index is 13.5. The van der Waals surface area contributed by atoms with E-state index < -0.39 is 11.6 Å². The molecule has 2 rings (SSSR count). The average molecular weight is 224 g/mol. The zero-order valence-corrected chi connectivity index (χ0v) is 8.89. The Morgan fingerprint density at radius 3 is 2.56 bits per heavy atom. The van der Waals surface area contributed by atoms with Crippen molar-refractivity contribution in [1.82, 2.24) is 5.32 Å². The SMILES string of the molecule is N=C(c1ccc(F)cc1F)C1CCNCC1. The molecule has 0 amide bonds. The minimum Gasteiger partial charge on any atom is -0.317 e. The second-order valence-electron chi connectivity index (χ2n) is 4.06. The molecule has 0 spiro atoms. The maximum Gasteiger partial charge on any atom is 0.135 e. The first-order chi connectivity index (χ1) is 7.68. The lowest BCUT2D eigenvalue weighted by molar-refractivity contribution is 0.454. The highest BCUT2D eigenvalue weighted by Crippen LogP contribution is 2.20. The molecule has 16 heavy (non-hydrogen) atoms. The summed E-state index contributed by atoms with van der Waals surface area (Å²) in [5, 5.41) is 11.1. The topological polar surface area (TPSA) is 35.9 Å². The predicted octanol–water partition coefficient (Wildman–Crippen LogP) is 2.33. The second-order valence-corrected chi connectivity index (χ2v) is 4.06. The molecule has 0 radical (unpaired) electrons. The van der Waals surface area contributed by atoms with E-state index in [4.69, 9.17) is 5.41 Å². The van der Waals surface area contributed by atoms with Crippen molar-refractivity contribution in [3.8, 4) is 0 Å². The molecule has 2 nitrogen and oxygen atoms in total. The highest BCUT2D eigenvalue weighted by Gasteiger charge is 2.21. The van der Waals surface area contributed by atoms with Crippen LogP contribution in [0, 0.1) is 23.0 Å². The number of hydrogen-bond donors (Lipinski definition) is 2. The Morgan fingerprint density at radius 1 is 1.25 bits per heavy atom. The number of benzene rings is 1. The van der Waals surface area contributed by atoms with E-state index in [0.717, 1.165) is 32.0 Å². The van der Waals surface area contributed by atoms with Crippen LogP contribution < -0.4 is 5.32 Å². The molecule has 0 bridgehead atoms. The van der Waals surface area contributed by atoms with Gasteiger partial charge in [-0.25, -0.2) is 8.78 Å². The van der Waals surface area contributed by atoms with Crippen molar-refractivity contribution in [2.45, 2.75) is 12.8 Å². The van der Waals surface area contributed by atoms with Gasteiger partial charge in [0.1, 0.15) is 11.6 Å². The van der Waals surface area contributed by atoms with E-state index in [2.05, 4.69) is 5.32 Å². The number of hydrogen-bond acceptors (Lipinski definition) is 2. The predicted molar refractivity (Wildman–Crippen MR) is 58.8 cm³/mol. The van der Waals surface area contributed by atoms with E-state index in [1.807, 2.05) is 0 Å². The van der Waals surface area contributed by atoms with Crippen molar-refractivity contribution >= 4 is 5.71 Å². The van der Waals surface area contributed by atoms with Crippen LogP contribution in [-0.4, -0.2) is 18.8 Å². The third-order valence-corrected chi connectivity index (χ3v) is 2.97. The molecular weight excluding hydrogens is 210 g/mol. The molecular formula is C12H14F2N2. The average Bonchev–Trinajstić information content (AvgIpc) is 2.29. The number of nitrogens with one attached hydrogen (secondary N) is 2. The van der Waals surface area contributed by atoms with E-state index in [1.165, 1.54) is 12.1 Å². The molecule has 0 aromatic heterocycles. The first-order valence-corrected chi connectivity index (χ1v) is 5.43. The fourth-order valence-electron chi connectivity index (χ4n) is 2.04. The third-order valence-electron chi connectivity index (χ3n) is 2.97. The quantitative estimate of drug-likeness (QED) is 0.743. The maximum atomic E-state index is 13.5. The largest absolute Gasteiger partial charge is 0.317 e. The Bertz CT molecular complexity index is 398. The first-order valence-electron chi connectivity index (χ1n) is 5.43. The first kappa shape index (κ1) is 11.2. The molecule has 1 aliphatic rings. The van der Waals surface area contributed by atoms with Gasteiger partial charge in [0.05, 0.1) is 0 Å². The monoisotopic (exact) mass is 224 g/mol. The summed E-state index contributed by atoms with van der Waals surface area (Å²) in [5.74, 6) is -1.15. The number of halogens is 2. The van der Waals surface area contributed by atoms with E-state index >= 15 is 0 Å². The van der Waals surface area contributed by atoms with Crippen LogP contribution in [0.4, 0.5) is 8.78 Å². The number of rotatable bonds is 2. The zero-order chi connectivity index (χ0) is 11.5. The van der Waals surface area contributed by atoms with Crippen molar-refractivity contribution in [3.63, 3.8) is 0 Å². The molecule has 4 heteroatoms. The van der Waals surface area contributed by atoms with Gasteiger partial charge in [-0.2, -0.15) is 0 Å². The zero-order valence-electron chi connectivity index (χ0n) is 8.89. The molecule has 1 aromatic carbocycles. The van der Waals surface area contributed by atoms with Crippen molar-refractivity contribution in [2.75, 3.05) is 13.1 Å². The van der Waals surface area contributed by atoms with Crippen molar-refractivity contribution in [1.29, 1.82) is 5.41 Å². The van der Waals surface area contributed by atoms with Gasteiger partial charge in [0.25, 0.3) is 0 Å². The van der Waals surface area contributed by atoms with Gasteiger partial charge in [0.15, 0.2) is 0 Å².